The molecule has 1 heterocycles. The summed E-state index contributed by atoms with van der Waals surface area (Å²) in [5.41, 5.74) is 7.74. The van der Waals surface area contributed by atoms with Crippen LogP contribution in [-0.2, 0) is 11.3 Å². The second-order valence-electron chi connectivity index (χ2n) is 4.09. The van der Waals surface area contributed by atoms with E-state index in [1.54, 1.807) is 26.2 Å². The standard InChI is InChI=1S/C13H13BrFN3O/c1-7-5-8(3-4-9(7)15)13-17-10(6-19-2)11(14)12(16)18-13/h3-5H,6H2,1-2H3,(H2,16,17,18). The van der Waals surface area contributed by atoms with Crippen molar-refractivity contribution in [1.82, 2.24) is 9.97 Å². The minimum Gasteiger partial charge on any atom is -0.383 e. The zero-order chi connectivity index (χ0) is 14.0. The molecule has 0 atom stereocenters. The van der Waals surface area contributed by atoms with Crippen LogP contribution < -0.4 is 5.73 Å². The molecule has 0 aliphatic carbocycles. The third-order valence-electron chi connectivity index (χ3n) is 2.64. The lowest BCUT2D eigenvalue weighted by atomic mass is 10.1. The summed E-state index contributed by atoms with van der Waals surface area (Å²) in [5, 5.41) is 0. The van der Waals surface area contributed by atoms with E-state index in [9.17, 15) is 4.39 Å². The number of benzene rings is 1. The number of rotatable bonds is 3. The maximum Gasteiger partial charge on any atom is 0.161 e. The SMILES string of the molecule is COCc1nc(-c2ccc(F)c(C)c2)nc(N)c1Br. The van der Waals surface area contributed by atoms with Gasteiger partial charge in [0.05, 0.1) is 16.8 Å². The van der Waals surface area contributed by atoms with Crippen molar-refractivity contribution in [3.8, 4) is 11.4 Å². The minimum absolute atomic E-state index is 0.258. The summed E-state index contributed by atoms with van der Waals surface area (Å²) in [6.45, 7) is 2.01. The van der Waals surface area contributed by atoms with Crippen LogP contribution in [0, 0.1) is 12.7 Å². The van der Waals surface area contributed by atoms with Gasteiger partial charge in [-0.05, 0) is 46.6 Å². The number of hydrogen-bond acceptors (Lipinski definition) is 4. The molecule has 100 valence electrons. The van der Waals surface area contributed by atoms with Crippen LogP contribution in [0.25, 0.3) is 11.4 Å². The van der Waals surface area contributed by atoms with Gasteiger partial charge in [-0.2, -0.15) is 0 Å². The van der Waals surface area contributed by atoms with E-state index in [4.69, 9.17) is 10.5 Å². The van der Waals surface area contributed by atoms with Crippen molar-refractivity contribution in [2.75, 3.05) is 12.8 Å². The summed E-state index contributed by atoms with van der Waals surface area (Å²) < 4.78 is 18.9. The first kappa shape index (κ1) is 13.9. The number of methoxy groups -OCH3 is 1. The van der Waals surface area contributed by atoms with Gasteiger partial charge in [-0.1, -0.05) is 0 Å². The van der Waals surface area contributed by atoms with Gasteiger partial charge >= 0.3 is 0 Å². The van der Waals surface area contributed by atoms with Crippen molar-refractivity contribution < 1.29 is 9.13 Å². The molecule has 0 saturated carbocycles. The van der Waals surface area contributed by atoms with Crippen LogP contribution in [-0.4, -0.2) is 17.1 Å². The number of nitrogen functional groups attached to an aromatic ring is 1. The Morgan fingerprint density at radius 2 is 2.11 bits per heavy atom. The monoisotopic (exact) mass is 325 g/mol. The Hall–Kier alpha value is -1.53. The largest absolute Gasteiger partial charge is 0.383 e. The minimum atomic E-state index is -0.258. The maximum atomic E-state index is 13.3. The highest BCUT2D eigenvalue weighted by atomic mass is 79.9. The van der Waals surface area contributed by atoms with Crippen LogP contribution in [0.2, 0.25) is 0 Å². The molecule has 1 aromatic carbocycles. The molecule has 2 aromatic rings. The molecule has 0 bridgehead atoms. The highest BCUT2D eigenvalue weighted by Crippen LogP contribution is 2.26. The first-order valence-corrected chi connectivity index (χ1v) is 6.39. The summed E-state index contributed by atoms with van der Waals surface area (Å²) in [5.74, 6) is 0.529. The number of nitrogens with zero attached hydrogens (tertiary/aromatic N) is 2. The molecule has 0 unspecified atom stereocenters. The number of aryl methyl sites for hydroxylation is 1. The molecule has 2 N–H and O–H groups in total. The smallest absolute Gasteiger partial charge is 0.161 e. The second kappa shape index (κ2) is 5.63. The molecule has 6 heteroatoms. The van der Waals surface area contributed by atoms with Crippen molar-refractivity contribution in [1.29, 1.82) is 0 Å². The summed E-state index contributed by atoms with van der Waals surface area (Å²) in [6.07, 6.45) is 0. The average Bonchev–Trinajstić information content (AvgIpc) is 2.38. The highest BCUT2D eigenvalue weighted by molar-refractivity contribution is 9.10. The van der Waals surface area contributed by atoms with Gasteiger partial charge in [0.2, 0.25) is 0 Å². The zero-order valence-corrected chi connectivity index (χ0v) is 12.2. The fraction of sp³-hybridized carbons (Fsp3) is 0.231. The van der Waals surface area contributed by atoms with Crippen molar-refractivity contribution >= 4 is 21.7 Å². The molecule has 0 aliphatic rings. The lowest BCUT2D eigenvalue weighted by molar-refractivity contribution is 0.181. The zero-order valence-electron chi connectivity index (χ0n) is 10.6. The van der Waals surface area contributed by atoms with Crippen molar-refractivity contribution in [3.63, 3.8) is 0 Å². The third kappa shape index (κ3) is 2.90. The number of hydrogen-bond donors (Lipinski definition) is 1. The van der Waals surface area contributed by atoms with Gasteiger partial charge in [-0.3, -0.25) is 0 Å². The van der Waals surface area contributed by atoms with Crippen molar-refractivity contribution in [2.24, 2.45) is 0 Å². The summed E-state index contributed by atoms with van der Waals surface area (Å²) in [4.78, 5) is 8.58. The Balaban J connectivity index is 2.52. The molecule has 19 heavy (non-hydrogen) atoms. The predicted octanol–water partition coefficient (Wildman–Crippen LogP) is 3.08. The first-order valence-electron chi connectivity index (χ1n) is 5.60. The number of aromatic nitrogens is 2. The summed E-state index contributed by atoms with van der Waals surface area (Å²) >= 11 is 3.32. The Morgan fingerprint density at radius 3 is 2.74 bits per heavy atom. The van der Waals surface area contributed by atoms with Crippen LogP contribution in [0.5, 0.6) is 0 Å². The third-order valence-corrected chi connectivity index (χ3v) is 3.51. The van der Waals surface area contributed by atoms with E-state index in [2.05, 4.69) is 25.9 Å². The molecule has 2 rings (SSSR count). The number of anilines is 1. The van der Waals surface area contributed by atoms with E-state index in [1.807, 2.05) is 0 Å². The van der Waals surface area contributed by atoms with E-state index < -0.39 is 0 Å². The van der Waals surface area contributed by atoms with Crippen LogP contribution >= 0.6 is 15.9 Å². The quantitative estimate of drug-likeness (QED) is 0.942. The molecule has 0 aliphatic heterocycles. The molecular weight excluding hydrogens is 313 g/mol. The Labute approximate surface area is 119 Å². The molecule has 1 aromatic heterocycles. The normalized spacial score (nSPS) is 10.7. The van der Waals surface area contributed by atoms with Gasteiger partial charge < -0.3 is 10.5 Å². The Kier molecular flexibility index (Phi) is 4.11. The molecule has 0 amide bonds. The maximum absolute atomic E-state index is 13.3. The fourth-order valence-corrected chi connectivity index (χ4v) is 1.95. The van der Waals surface area contributed by atoms with Gasteiger partial charge in [-0.25, -0.2) is 14.4 Å². The van der Waals surface area contributed by atoms with Gasteiger partial charge in [0.1, 0.15) is 11.6 Å². The highest BCUT2D eigenvalue weighted by Gasteiger charge is 2.12. The molecule has 0 saturated heterocycles. The Morgan fingerprint density at radius 1 is 1.37 bits per heavy atom. The van der Waals surface area contributed by atoms with Gasteiger partial charge in [0.25, 0.3) is 0 Å². The van der Waals surface area contributed by atoms with Crippen molar-refractivity contribution in [3.05, 3.63) is 39.7 Å². The molecular formula is C13H13BrFN3O. The molecule has 0 spiro atoms. The van der Waals surface area contributed by atoms with Crippen LogP contribution in [0.3, 0.4) is 0 Å². The lowest BCUT2D eigenvalue weighted by Crippen LogP contribution is -2.04. The van der Waals surface area contributed by atoms with Gasteiger partial charge in [0.15, 0.2) is 5.82 Å². The average molecular weight is 326 g/mol. The topological polar surface area (TPSA) is 61.0 Å². The van der Waals surface area contributed by atoms with Crippen LogP contribution in [0.4, 0.5) is 10.2 Å². The molecule has 0 fully saturated rings. The predicted molar refractivity (Wildman–Crippen MR) is 75.0 cm³/mol. The van der Waals surface area contributed by atoms with Crippen LogP contribution in [0.15, 0.2) is 22.7 Å². The Bertz CT molecular complexity index is 619. The van der Waals surface area contributed by atoms with Gasteiger partial charge in [0, 0.05) is 12.7 Å². The van der Waals surface area contributed by atoms with E-state index in [-0.39, 0.29) is 5.82 Å². The second-order valence-corrected chi connectivity index (χ2v) is 4.88. The summed E-state index contributed by atoms with van der Waals surface area (Å²) in [6, 6.07) is 4.71. The van der Waals surface area contributed by atoms with Crippen LogP contribution in [0.1, 0.15) is 11.3 Å². The number of nitrogens with two attached hydrogens (primary N) is 1. The number of ether oxygens (including phenoxy) is 1. The number of halogens is 2. The first-order chi connectivity index (χ1) is 9.02. The molecule has 0 radical (unpaired) electrons. The summed E-state index contributed by atoms with van der Waals surface area (Å²) in [7, 11) is 1.58. The van der Waals surface area contributed by atoms with E-state index >= 15 is 0 Å². The lowest BCUT2D eigenvalue weighted by Gasteiger charge is -2.09. The van der Waals surface area contributed by atoms with Crippen molar-refractivity contribution in [2.45, 2.75) is 13.5 Å². The molecule has 4 nitrogen and oxygen atoms in total. The van der Waals surface area contributed by atoms with E-state index in [1.165, 1.54) is 6.07 Å². The van der Waals surface area contributed by atoms with E-state index in [0.717, 1.165) is 5.56 Å². The van der Waals surface area contributed by atoms with Gasteiger partial charge in [-0.15, -0.1) is 0 Å². The fourth-order valence-electron chi connectivity index (χ4n) is 1.66. The van der Waals surface area contributed by atoms with E-state index in [0.29, 0.717) is 34.0 Å².